The Labute approximate surface area is 106 Å². The molecule has 1 fully saturated rings. The van der Waals surface area contributed by atoms with Gasteiger partial charge in [-0.15, -0.1) is 0 Å². The molecule has 0 spiro atoms. The molecule has 1 aromatic carbocycles. The summed E-state index contributed by atoms with van der Waals surface area (Å²) in [6.45, 7) is 1.68. The maximum absolute atomic E-state index is 13.6. The third kappa shape index (κ3) is 2.97. The van der Waals surface area contributed by atoms with Crippen molar-refractivity contribution in [3.63, 3.8) is 0 Å². The zero-order chi connectivity index (χ0) is 12.4. The molecule has 0 amide bonds. The van der Waals surface area contributed by atoms with Crippen LogP contribution in [0.25, 0.3) is 0 Å². The van der Waals surface area contributed by atoms with E-state index in [1.165, 1.54) is 6.07 Å². The smallest absolute Gasteiger partial charge is 0.127 e. The van der Waals surface area contributed by atoms with Crippen LogP contribution in [0.15, 0.2) is 18.2 Å². The van der Waals surface area contributed by atoms with Crippen molar-refractivity contribution >= 4 is 11.6 Å². The Kier molecular flexibility index (Phi) is 4.02. The molecular formula is C13H17ClFNO. The normalized spacial score (nSPS) is 26.1. The van der Waals surface area contributed by atoms with Crippen LogP contribution in [0.4, 0.5) is 4.39 Å². The van der Waals surface area contributed by atoms with Gasteiger partial charge in [0.25, 0.3) is 0 Å². The first-order chi connectivity index (χ1) is 8.08. The summed E-state index contributed by atoms with van der Waals surface area (Å²) in [5, 5.41) is 10.4. The third-order valence-electron chi connectivity index (χ3n) is 3.42. The predicted molar refractivity (Wildman–Crippen MR) is 66.7 cm³/mol. The highest BCUT2D eigenvalue weighted by molar-refractivity contribution is 6.31. The van der Waals surface area contributed by atoms with Gasteiger partial charge in [-0.25, -0.2) is 4.39 Å². The minimum absolute atomic E-state index is 0.0585. The number of likely N-dealkylation sites (tertiary alicyclic amines) is 1. The van der Waals surface area contributed by atoms with Gasteiger partial charge in [-0.05, 0) is 32.0 Å². The third-order valence-corrected chi connectivity index (χ3v) is 3.78. The Bertz CT molecular complexity index is 379. The summed E-state index contributed by atoms with van der Waals surface area (Å²) in [7, 11) is 2.02. The molecule has 1 aromatic rings. The lowest BCUT2D eigenvalue weighted by Crippen LogP contribution is -2.42. The van der Waals surface area contributed by atoms with Crippen molar-refractivity contribution in [3.05, 3.63) is 34.6 Å². The molecule has 0 aliphatic carbocycles. The molecule has 0 saturated carbocycles. The molecule has 2 atom stereocenters. The van der Waals surface area contributed by atoms with Crippen LogP contribution in [0.1, 0.15) is 12.0 Å². The number of nitrogens with zero attached hydrogens (tertiary/aromatic N) is 1. The van der Waals surface area contributed by atoms with Gasteiger partial charge in [-0.2, -0.15) is 0 Å². The lowest BCUT2D eigenvalue weighted by atomic mass is 9.89. The Morgan fingerprint density at radius 2 is 2.29 bits per heavy atom. The molecule has 4 heteroatoms. The van der Waals surface area contributed by atoms with Gasteiger partial charge in [0.1, 0.15) is 5.82 Å². The van der Waals surface area contributed by atoms with Gasteiger partial charge in [0.2, 0.25) is 0 Å². The van der Waals surface area contributed by atoms with E-state index < -0.39 is 0 Å². The van der Waals surface area contributed by atoms with Crippen LogP contribution in [0, 0.1) is 11.7 Å². The number of aliphatic hydroxyl groups is 1. The van der Waals surface area contributed by atoms with Gasteiger partial charge in [0, 0.05) is 29.6 Å². The Hall–Kier alpha value is -0.640. The zero-order valence-electron chi connectivity index (χ0n) is 9.87. The second kappa shape index (κ2) is 5.34. The van der Waals surface area contributed by atoms with E-state index in [0.29, 0.717) is 17.0 Å². The van der Waals surface area contributed by atoms with E-state index in [2.05, 4.69) is 4.90 Å². The van der Waals surface area contributed by atoms with Crippen LogP contribution >= 0.6 is 11.6 Å². The average Bonchev–Trinajstić information content (AvgIpc) is 2.28. The molecule has 0 radical (unpaired) electrons. The summed E-state index contributed by atoms with van der Waals surface area (Å²) < 4.78 is 13.6. The molecule has 1 aliphatic rings. The molecule has 94 valence electrons. The van der Waals surface area contributed by atoms with E-state index >= 15 is 0 Å². The fourth-order valence-electron chi connectivity index (χ4n) is 2.39. The molecule has 2 unspecified atom stereocenters. The first-order valence-corrected chi connectivity index (χ1v) is 6.25. The monoisotopic (exact) mass is 257 g/mol. The summed E-state index contributed by atoms with van der Waals surface area (Å²) in [5.74, 6) is -0.221. The SMILES string of the molecule is CN1CCC(O)C(Cc2c(F)cccc2Cl)C1. The van der Waals surface area contributed by atoms with Gasteiger partial charge >= 0.3 is 0 Å². The highest BCUT2D eigenvalue weighted by atomic mass is 35.5. The summed E-state index contributed by atoms with van der Waals surface area (Å²) in [6.07, 6.45) is 0.881. The van der Waals surface area contributed by atoms with E-state index in [9.17, 15) is 9.50 Å². The van der Waals surface area contributed by atoms with Crippen LogP contribution in [-0.4, -0.2) is 36.2 Å². The predicted octanol–water partition coefficient (Wildman–Crippen LogP) is 2.33. The average molecular weight is 258 g/mol. The highest BCUT2D eigenvalue weighted by Crippen LogP contribution is 2.26. The fourth-order valence-corrected chi connectivity index (χ4v) is 2.63. The van der Waals surface area contributed by atoms with Gasteiger partial charge < -0.3 is 10.0 Å². The second-order valence-corrected chi connectivity index (χ2v) is 5.19. The maximum atomic E-state index is 13.6. The van der Waals surface area contributed by atoms with Crippen molar-refractivity contribution in [3.8, 4) is 0 Å². The molecule has 0 bridgehead atoms. The number of hydrogen-bond acceptors (Lipinski definition) is 2. The van der Waals surface area contributed by atoms with Gasteiger partial charge in [0.15, 0.2) is 0 Å². The molecule has 2 rings (SSSR count). The first-order valence-electron chi connectivity index (χ1n) is 5.87. The van der Waals surface area contributed by atoms with Crippen molar-refractivity contribution < 1.29 is 9.50 Å². The van der Waals surface area contributed by atoms with Crippen LogP contribution in [0.3, 0.4) is 0 Å². The zero-order valence-corrected chi connectivity index (χ0v) is 10.6. The van der Waals surface area contributed by atoms with Crippen molar-refractivity contribution in [1.29, 1.82) is 0 Å². The summed E-state index contributed by atoms with van der Waals surface area (Å²) in [4.78, 5) is 2.16. The lowest BCUT2D eigenvalue weighted by Gasteiger charge is -2.34. The van der Waals surface area contributed by atoms with Crippen molar-refractivity contribution in [2.24, 2.45) is 5.92 Å². The van der Waals surface area contributed by atoms with E-state index in [1.54, 1.807) is 12.1 Å². The quantitative estimate of drug-likeness (QED) is 0.879. The topological polar surface area (TPSA) is 23.5 Å². The van der Waals surface area contributed by atoms with Crippen LogP contribution < -0.4 is 0 Å². The number of rotatable bonds is 2. The molecule has 1 heterocycles. The van der Waals surface area contributed by atoms with E-state index in [4.69, 9.17) is 11.6 Å². The molecule has 1 saturated heterocycles. The van der Waals surface area contributed by atoms with Crippen LogP contribution in [0.5, 0.6) is 0 Å². The Morgan fingerprint density at radius 1 is 1.53 bits per heavy atom. The maximum Gasteiger partial charge on any atom is 0.127 e. The minimum atomic E-state index is -0.359. The minimum Gasteiger partial charge on any atom is -0.393 e. The lowest BCUT2D eigenvalue weighted by molar-refractivity contribution is 0.0363. The van der Waals surface area contributed by atoms with Crippen molar-refractivity contribution in [2.75, 3.05) is 20.1 Å². The molecular weight excluding hydrogens is 241 g/mol. The van der Waals surface area contributed by atoms with E-state index in [0.717, 1.165) is 19.5 Å². The van der Waals surface area contributed by atoms with Crippen LogP contribution in [-0.2, 0) is 6.42 Å². The summed E-state index contributed by atoms with van der Waals surface area (Å²) >= 11 is 6.00. The molecule has 1 N–H and O–H groups in total. The number of benzene rings is 1. The van der Waals surface area contributed by atoms with Crippen molar-refractivity contribution in [1.82, 2.24) is 4.90 Å². The van der Waals surface area contributed by atoms with E-state index in [-0.39, 0.29) is 17.8 Å². The van der Waals surface area contributed by atoms with Crippen molar-refractivity contribution in [2.45, 2.75) is 18.9 Å². The molecule has 0 aromatic heterocycles. The summed E-state index contributed by atoms with van der Waals surface area (Å²) in [5.41, 5.74) is 0.522. The van der Waals surface area contributed by atoms with Gasteiger partial charge in [0.05, 0.1) is 6.10 Å². The largest absolute Gasteiger partial charge is 0.393 e. The highest BCUT2D eigenvalue weighted by Gasteiger charge is 2.27. The molecule has 1 aliphatic heterocycles. The van der Waals surface area contributed by atoms with Gasteiger partial charge in [-0.3, -0.25) is 0 Å². The number of hydrogen-bond donors (Lipinski definition) is 1. The standard InChI is InChI=1S/C13H17ClFNO/c1-16-6-5-13(17)9(8-16)7-10-11(14)3-2-4-12(10)15/h2-4,9,13,17H,5-8H2,1H3. The van der Waals surface area contributed by atoms with E-state index in [1.807, 2.05) is 7.05 Å². The second-order valence-electron chi connectivity index (χ2n) is 4.78. The number of aliphatic hydroxyl groups excluding tert-OH is 1. The summed E-state index contributed by atoms with van der Waals surface area (Å²) in [6, 6.07) is 4.71. The molecule has 17 heavy (non-hydrogen) atoms. The Morgan fingerprint density at radius 3 is 3.00 bits per heavy atom. The number of halogens is 2. The van der Waals surface area contributed by atoms with Gasteiger partial charge in [-0.1, -0.05) is 17.7 Å². The fraction of sp³-hybridized carbons (Fsp3) is 0.538. The number of piperidine rings is 1. The Balaban J connectivity index is 2.14. The first kappa shape index (κ1) is 12.8. The van der Waals surface area contributed by atoms with Crippen LogP contribution in [0.2, 0.25) is 5.02 Å². The molecule has 2 nitrogen and oxygen atoms in total.